The van der Waals surface area contributed by atoms with Crippen LogP contribution in [-0.4, -0.2) is 39.4 Å². The number of benzene rings is 1. The fourth-order valence-electron chi connectivity index (χ4n) is 3.05. The number of carbonyl (C=O) groups is 1. The topological polar surface area (TPSA) is 86.1 Å². The highest BCUT2D eigenvalue weighted by molar-refractivity contribution is 7.99. The lowest BCUT2D eigenvalue weighted by molar-refractivity contribution is -0.140. The molecule has 0 bridgehead atoms. The Kier molecular flexibility index (Phi) is 8.39. The monoisotopic (exact) mass is 554 g/mol. The van der Waals surface area contributed by atoms with Gasteiger partial charge in [-0.2, -0.15) is 26.3 Å². The van der Waals surface area contributed by atoms with Crippen molar-refractivity contribution >= 4 is 46.2 Å². The molecule has 15 heteroatoms. The van der Waals surface area contributed by atoms with Gasteiger partial charge in [0.25, 0.3) is 5.56 Å². The van der Waals surface area contributed by atoms with Gasteiger partial charge >= 0.3 is 18.3 Å². The molecule has 3 rings (SSSR count). The third-order valence-corrected chi connectivity index (χ3v) is 5.88. The molecule has 2 aromatic heterocycles. The van der Waals surface area contributed by atoms with E-state index in [2.05, 4.69) is 15.3 Å². The smallest absolute Gasteiger partial charge is 0.417 e. The largest absolute Gasteiger partial charge is 0.465 e. The minimum Gasteiger partial charge on any atom is -0.465 e. The van der Waals surface area contributed by atoms with Crippen molar-refractivity contribution in [2.45, 2.75) is 30.8 Å². The van der Waals surface area contributed by atoms with E-state index in [4.69, 9.17) is 16.3 Å². The molecule has 1 aromatic carbocycles. The Morgan fingerprint density at radius 1 is 1.14 bits per heavy atom. The Morgan fingerprint density at radius 3 is 2.44 bits per heavy atom. The number of pyridine rings is 1. The van der Waals surface area contributed by atoms with Crippen molar-refractivity contribution in [3.8, 4) is 0 Å². The summed E-state index contributed by atoms with van der Waals surface area (Å²) < 4.78 is 83.9. The number of nitrogens with zero attached hydrogens (tertiary/aromatic N) is 3. The van der Waals surface area contributed by atoms with E-state index in [0.717, 1.165) is 22.8 Å². The molecular formula is C21H17ClF6N4O3S. The van der Waals surface area contributed by atoms with E-state index in [9.17, 15) is 35.9 Å². The second kappa shape index (κ2) is 10.9. The summed E-state index contributed by atoms with van der Waals surface area (Å²) in [6, 6.07) is 3.36. The fourth-order valence-corrected chi connectivity index (χ4v) is 4.02. The number of hydrogen-bond acceptors (Lipinski definition) is 7. The van der Waals surface area contributed by atoms with Crippen molar-refractivity contribution in [2.75, 3.05) is 24.2 Å². The lowest BCUT2D eigenvalue weighted by Crippen LogP contribution is -2.27. The summed E-state index contributed by atoms with van der Waals surface area (Å²) in [6.45, 7) is 1.50. The Hall–Kier alpha value is -3.00. The molecule has 0 saturated carbocycles. The average Bonchev–Trinajstić information content (AvgIpc) is 2.78. The van der Waals surface area contributed by atoms with E-state index in [1.165, 1.54) is 0 Å². The van der Waals surface area contributed by atoms with Crippen LogP contribution >= 0.6 is 23.4 Å². The molecule has 36 heavy (non-hydrogen) atoms. The number of halogens is 7. The Labute approximate surface area is 208 Å². The quantitative estimate of drug-likeness (QED) is 0.231. The number of aromatic nitrogens is 3. The summed E-state index contributed by atoms with van der Waals surface area (Å²) in [5.74, 6) is -0.999. The first kappa shape index (κ1) is 27.6. The highest BCUT2D eigenvalue weighted by atomic mass is 35.5. The van der Waals surface area contributed by atoms with Crippen molar-refractivity contribution in [1.29, 1.82) is 0 Å². The zero-order valence-electron chi connectivity index (χ0n) is 18.3. The fraction of sp³-hybridized carbons (Fsp3) is 0.333. The van der Waals surface area contributed by atoms with E-state index in [1.807, 2.05) is 0 Å². The van der Waals surface area contributed by atoms with Gasteiger partial charge in [-0.05, 0) is 31.2 Å². The molecule has 3 aromatic rings. The zero-order valence-corrected chi connectivity index (χ0v) is 19.9. The predicted octanol–water partition coefficient (Wildman–Crippen LogP) is 5.25. The van der Waals surface area contributed by atoms with Gasteiger partial charge < -0.3 is 14.6 Å². The second-order valence-corrected chi connectivity index (χ2v) is 8.52. The molecule has 2 heterocycles. The van der Waals surface area contributed by atoms with Crippen LogP contribution in [-0.2, 0) is 28.4 Å². The number of carbonyl (C=O) groups excluding carboxylic acids is 1. The SMILES string of the molecule is CCOC(=O)CSc1nc2cc(C(F)(F)F)ccc2n(CCNc2ncc(C(F)(F)F)cc2Cl)c1=O. The van der Waals surface area contributed by atoms with Gasteiger partial charge in [-0.25, -0.2) is 9.97 Å². The minimum atomic E-state index is -4.65. The van der Waals surface area contributed by atoms with Crippen LogP contribution in [0.3, 0.4) is 0 Å². The van der Waals surface area contributed by atoms with Gasteiger partial charge in [-0.3, -0.25) is 9.59 Å². The van der Waals surface area contributed by atoms with Gasteiger partial charge in [0.05, 0.1) is 39.5 Å². The molecule has 7 nitrogen and oxygen atoms in total. The van der Waals surface area contributed by atoms with Gasteiger partial charge in [0, 0.05) is 19.3 Å². The number of alkyl halides is 6. The van der Waals surface area contributed by atoms with Crippen LogP contribution < -0.4 is 10.9 Å². The van der Waals surface area contributed by atoms with Crippen LogP contribution in [0, 0.1) is 0 Å². The van der Waals surface area contributed by atoms with E-state index in [-0.39, 0.29) is 52.3 Å². The Bertz CT molecular complexity index is 1330. The first-order chi connectivity index (χ1) is 16.8. The first-order valence-corrected chi connectivity index (χ1v) is 11.5. The summed E-state index contributed by atoms with van der Waals surface area (Å²) in [5, 5.41) is 2.17. The molecule has 0 aliphatic carbocycles. The van der Waals surface area contributed by atoms with Crippen LogP contribution in [0.25, 0.3) is 11.0 Å². The summed E-state index contributed by atoms with van der Waals surface area (Å²) >= 11 is 6.58. The Morgan fingerprint density at radius 2 is 1.83 bits per heavy atom. The van der Waals surface area contributed by atoms with Crippen LogP contribution in [0.1, 0.15) is 18.1 Å². The predicted molar refractivity (Wildman–Crippen MR) is 121 cm³/mol. The number of fused-ring (bicyclic) bond motifs is 1. The number of ether oxygens (including phenoxy) is 1. The number of nitrogens with one attached hydrogen (secondary N) is 1. The van der Waals surface area contributed by atoms with Crippen LogP contribution in [0.15, 0.2) is 40.3 Å². The first-order valence-electron chi connectivity index (χ1n) is 10.2. The third kappa shape index (κ3) is 6.60. The highest BCUT2D eigenvalue weighted by Crippen LogP contribution is 2.33. The molecule has 0 atom stereocenters. The zero-order chi connectivity index (χ0) is 26.7. The highest BCUT2D eigenvalue weighted by Gasteiger charge is 2.32. The maximum absolute atomic E-state index is 13.2. The molecule has 1 N–H and O–H groups in total. The Balaban J connectivity index is 1.91. The van der Waals surface area contributed by atoms with Crippen molar-refractivity contribution in [1.82, 2.24) is 14.5 Å². The number of thioether (sulfide) groups is 1. The van der Waals surface area contributed by atoms with Gasteiger partial charge in [0.15, 0.2) is 5.03 Å². The molecule has 0 unspecified atom stereocenters. The standard InChI is InChI=1S/C21H17ClF6N4O3S/c1-2-35-16(33)10-36-18-19(34)32(15-4-3-11(20(23,24)25)8-14(15)31-18)6-5-29-17-13(22)7-12(9-30-17)21(26,27)28/h3-4,7-9H,2,5-6,10H2,1H3,(H,29,30). The number of hydrogen-bond donors (Lipinski definition) is 1. The normalized spacial score (nSPS) is 12.1. The number of rotatable bonds is 8. The van der Waals surface area contributed by atoms with Crippen molar-refractivity contribution in [3.05, 3.63) is 57.0 Å². The van der Waals surface area contributed by atoms with Gasteiger partial charge in [-0.15, -0.1) is 0 Å². The van der Waals surface area contributed by atoms with Crippen molar-refractivity contribution < 1.29 is 35.9 Å². The van der Waals surface area contributed by atoms with Crippen LogP contribution in [0.5, 0.6) is 0 Å². The van der Waals surface area contributed by atoms with E-state index in [0.29, 0.717) is 24.0 Å². The summed E-state index contributed by atoms with van der Waals surface area (Å²) in [4.78, 5) is 32.3. The third-order valence-electron chi connectivity index (χ3n) is 4.67. The lowest BCUT2D eigenvalue weighted by Gasteiger charge is -2.15. The van der Waals surface area contributed by atoms with Gasteiger partial charge in [-0.1, -0.05) is 23.4 Å². The molecular weight excluding hydrogens is 538 g/mol. The molecule has 0 aliphatic rings. The summed E-state index contributed by atoms with van der Waals surface area (Å²) in [6.07, 6.45) is -8.70. The number of anilines is 1. The molecule has 0 amide bonds. The molecule has 0 fully saturated rings. The van der Waals surface area contributed by atoms with Crippen molar-refractivity contribution in [3.63, 3.8) is 0 Å². The van der Waals surface area contributed by atoms with E-state index < -0.39 is 35.0 Å². The molecule has 0 aliphatic heterocycles. The van der Waals surface area contributed by atoms with Gasteiger partial charge in [0.2, 0.25) is 0 Å². The maximum atomic E-state index is 13.2. The lowest BCUT2D eigenvalue weighted by atomic mass is 10.2. The summed E-state index contributed by atoms with van der Waals surface area (Å²) in [7, 11) is 0. The maximum Gasteiger partial charge on any atom is 0.417 e. The molecule has 0 spiro atoms. The van der Waals surface area contributed by atoms with Crippen LogP contribution in [0.4, 0.5) is 32.2 Å². The summed E-state index contributed by atoms with van der Waals surface area (Å²) in [5.41, 5.74) is -2.75. The molecule has 0 saturated heterocycles. The van der Waals surface area contributed by atoms with Crippen LogP contribution in [0.2, 0.25) is 5.02 Å². The van der Waals surface area contributed by atoms with E-state index in [1.54, 1.807) is 6.92 Å². The molecule has 0 radical (unpaired) electrons. The number of esters is 1. The van der Waals surface area contributed by atoms with Crippen molar-refractivity contribution in [2.24, 2.45) is 0 Å². The van der Waals surface area contributed by atoms with Gasteiger partial charge in [0.1, 0.15) is 5.82 Å². The second-order valence-electron chi connectivity index (χ2n) is 7.15. The minimum absolute atomic E-state index is 0.0693. The molecule has 194 valence electrons. The average molecular weight is 555 g/mol. The van der Waals surface area contributed by atoms with E-state index >= 15 is 0 Å².